The molecule has 1 unspecified atom stereocenters. The summed E-state index contributed by atoms with van der Waals surface area (Å²) < 4.78 is 12.8. The zero-order valence-corrected chi connectivity index (χ0v) is 29.0. The fourth-order valence-electron chi connectivity index (χ4n) is 5.72. The molecule has 4 aromatic rings. The van der Waals surface area contributed by atoms with Gasteiger partial charge in [-0.05, 0) is 74.2 Å². The predicted molar refractivity (Wildman–Crippen MR) is 192 cm³/mol. The van der Waals surface area contributed by atoms with E-state index in [1.807, 2.05) is 26.0 Å². The lowest BCUT2D eigenvalue weighted by Gasteiger charge is -2.15. The van der Waals surface area contributed by atoms with Gasteiger partial charge in [-0.1, -0.05) is 24.7 Å². The summed E-state index contributed by atoms with van der Waals surface area (Å²) in [6, 6.07) is 14.7. The van der Waals surface area contributed by atoms with Crippen LogP contribution in [0, 0.1) is 37.0 Å². The van der Waals surface area contributed by atoms with Crippen molar-refractivity contribution in [2.45, 2.75) is 83.8 Å². The van der Waals surface area contributed by atoms with Gasteiger partial charge < -0.3 is 30.3 Å². The minimum atomic E-state index is -0.935. The quantitative estimate of drug-likeness (QED) is 0.0936. The van der Waals surface area contributed by atoms with Crippen LogP contribution in [0.25, 0.3) is 0 Å². The Morgan fingerprint density at radius 2 is 1.85 bits per heavy atom. The number of amides is 1. The molecule has 0 radical (unpaired) electrons. The molecule has 1 saturated heterocycles. The van der Waals surface area contributed by atoms with Crippen molar-refractivity contribution in [3.63, 3.8) is 0 Å². The van der Waals surface area contributed by atoms with E-state index in [1.165, 1.54) is 6.20 Å². The first kappa shape index (κ1) is 37.5. The van der Waals surface area contributed by atoms with E-state index >= 15 is 0 Å². The molecule has 1 fully saturated rings. The van der Waals surface area contributed by atoms with Crippen molar-refractivity contribution < 1.29 is 24.5 Å². The number of ether oxygens (including phenoxy) is 2. The third-order valence-electron chi connectivity index (χ3n) is 8.47. The van der Waals surface area contributed by atoms with Crippen LogP contribution in [0.3, 0.4) is 0 Å². The smallest absolute Gasteiger partial charge is 0.330 e. The normalized spacial score (nSPS) is 16.4. The van der Waals surface area contributed by atoms with E-state index < -0.39 is 36.3 Å². The number of H-pyrrole nitrogens is 1. The van der Waals surface area contributed by atoms with Crippen molar-refractivity contribution in [3.8, 4) is 29.5 Å². The molecule has 2 aromatic carbocycles. The molecular weight excluding hydrogens is 666 g/mol. The molecule has 5 rings (SSSR count). The summed E-state index contributed by atoms with van der Waals surface area (Å²) in [4.78, 5) is 47.9. The van der Waals surface area contributed by atoms with E-state index in [-0.39, 0.29) is 24.4 Å². The van der Waals surface area contributed by atoms with Crippen LogP contribution in [0.15, 0.2) is 64.4 Å². The highest BCUT2D eigenvalue weighted by atomic mass is 16.5. The van der Waals surface area contributed by atoms with Gasteiger partial charge in [0.1, 0.15) is 18.1 Å². The Labute approximate surface area is 300 Å². The molecule has 0 bridgehead atoms. The lowest BCUT2D eigenvalue weighted by molar-refractivity contribution is -0.121. The average molecular weight is 708 g/mol. The Morgan fingerprint density at radius 1 is 1.10 bits per heavy atom. The van der Waals surface area contributed by atoms with Gasteiger partial charge >= 0.3 is 5.69 Å². The number of hydrogen-bond acceptors (Lipinski definition) is 11. The van der Waals surface area contributed by atoms with Gasteiger partial charge in [0.05, 0.1) is 29.9 Å². The third kappa shape index (κ3) is 10.1. The minimum absolute atomic E-state index is 0.0607. The summed E-state index contributed by atoms with van der Waals surface area (Å²) in [7, 11) is 0. The standard InChI is InChI=1S/C38H41N7O7/c1-24-17-27(18-25(2)35(24)52-33-15-16-40-37(43-33)42-29-13-11-26(20-39)12-14-29)9-7-5-3-4-6-8-10-32(48)41-21-28-22-45(38(50)44-36(28)49)34-19-30(47)31(23-46)51-34/h11-18,22,30-31,34,46-47H,3-6,8,10,19,21,23H2,1-2H3,(H,41,48)(H,40,42,43)(H,44,49,50)/t30-,31+,34?/m0/s1. The van der Waals surface area contributed by atoms with Crippen LogP contribution in [-0.4, -0.2) is 54.5 Å². The average Bonchev–Trinajstić information content (AvgIpc) is 3.51. The molecular formula is C38H41N7O7. The van der Waals surface area contributed by atoms with Gasteiger partial charge in [0.2, 0.25) is 17.7 Å². The summed E-state index contributed by atoms with van der Waals surface area (Å²) >= 11 is 0. The van der Waals surface area contributed by atoms with Crippen LogP contribution >= 0.6 is 0 Å². The zero-order valence-electron chi connectivity index (χ0n) is 29.0. The first-order valence-electron chi connectivity index (χ1n) is 17.1. The highest BCUT2D eigenvalue weighted by Gasteiger charge is 2.35. The Morgan fingerprint density at radius 3 is 2.56 bits per heavy atom. The minimum Gasteiger partial charge on any atom is -0.438 e. The summed E-state index contributed by atoms with van der Waals surface area (Å²) in [6.45, 7) is 3.47. The van der Waals surface area contributed by atoms with E-state index in [0.29, 0.717) is 36.0 Å². The van der Waals surface area contributed by atoms with Gasteiger partial charge in [0.25, 0.3) is 5.56 Å². The predicted octanol–water partition coefficient (Wildman–Crippen LogP) is 4.00. The molecule has 1 amide bonds. The van der Waals surface area contributed by atoms with Crippen molar-refractivity contribution in [1.82, 2.24) is 24.8 Å². The number of aliphatic hydroxyl groups is 2. The number of aliphatic hydroxyl groups excluding tert-OH is 2. The van der Waals surface area contributed by atoms with Gasteiger partial charge in [0.15, 0.2) is 0 Å². The van der Waals surface area contributed by atoms with E-state index in [4.69, 9.17) is 14.7 Å². The number of aryl methyl sites for hydroxylation is 2. The Kier molecular flexibility index (Phi) is 12.9. The lowest BCUT2D eigenvalue weighted by atomic mass is 10.1. The number of hydrogen-bond donors (Lipinski definition) is 5. The van der Waals surface area contributed by atoms with E-state index in [0.717, 1.165) is 52.6 Å². The highest BCUT2D eigenvalue weighted by Crippen LogP contribution is 2.30. The molecule has 2 aromatic heterocycles. The van der Waals surface area contributed by atoms with Crippen LogP contribution in [0.5, 0.6) is 11.6 Å². The van der Waals surface area contributed by atoms with Gasteiger partial charge in [-0.15, -0.1) is 0 Å². The summed E-state index contributed by atoms with van der Waals surface area (Å²) in [6.07, 6.45) is 4.81. The number of benzene rings is 2. The molecule has 270 valence electrons. The first-order chi connectivity index (χ1) is 25.1. The summed E-state index contributed by atoms with van der Waals surface area (Å²) in [5.74, 6) is 7.72. The fourth-order valence-corrected chi connectivity index (χ4v) is 5.72. The molecule has 0 spiro atoms. The second-order valence-corrected chi connectivity index (χ2v) is 12.5. The van der Waals surface area contributed by atoms with Gasteiger partial charge in [-0.2, -0.15) is 10.2 Å². The number of carbonyl (C=O) groups excluding carboxylic acids is 1. The molecule has 5 N–H and O–H groups in total. The first-order valence-corrected chi connectivity index (χ1v) is 17.1. The number of nitrogens with one attached hydrogen (secondary N) is 3. The van der Waals surface area contributed by atoms with Crippen molar-refractivity contribution in [2.75, 3.05) is 11.9 Å². The van der Waals surface area contributed by atoms with Gasteiger partial charge in [0, 0.05) is 55.5 Å². The summed E-state index contributed by atoms with van der Waals surface area (Å²) in [5.41, 5.74) is 2.93. The molecule has 0 aliphatic carbocycles. The van der Waals surface area contributed by atoms with Gasteiger partial charge in [-0.25, -0.2) is 9.78 Å². The number of nitriles is 1. The maximum atomic E-state index is 12.4. The van der Waals surface area contributed by atoms with E-state index in [2.05, 4.69) is 43.5 Å². The largest absolute Gasteiger partial charge is 0.438 e. The monoisotopic (exact) mass is 707 g/mol. The maximum Gasteiger partial charge on any atom is 0.330 e. The number of unbranched alkanes of at least 4 members (excludes halogenated alkanes) is 4. The second-order valence-electron chi connectivity index (χ2n) is 12.5. The van der Waals surface area contributed by atoms with Crippen LogP contribution in [0.1, 0.15) is 79.0 Å². The van der Waals surface area contributed by atoms with E-state index in [9.17, 15) is 24.6 Å². The topological polar surface area (TPSA) is 204 Å². The van der Waals surface area contributed by atoms with Crippen molar-refractivity contribution in [3.05, 3.63) is 104 Å². The number of carbonyl (C=O) groups is 1. The SMILES string of the molecule is Cc1cc(C#CCCCCCCC(=O)NCc2cn(C3C[C@H](O)[C@@H](CO)O3)c(=O)[nH]c2=O)cc(C)c1Oc1ccnc(Nc2ccc(C#N)cc2)n1. The molecule has 3 heterocycles. The van der Waals surface area contributed by atoms with Crippen LogP contribution in [-0.2, 0) is 16.1 Å². The molecule has 52 heavy (non-hydrogen) atoms. The number of nitrogens with zero attached hydrogens (tertiary/aromatic N) is 4. The molecule has 1 aliphatic rings. The van der Waals surface area contributed by atoms with Crippen molar-refractivity contribution >= 4 is 17.5 Å². The molecule has 14 heteroatoms. The zero-order chi connectivity index (χ0) is 37.0. The van der Waals surface area contributed by atoms with Crippen LogP contribution in [0.4, 0.5) is 11.6 Å². The van der Waals surface area contributed by atoms with Crippen LogP contribution in [0.2, 0.25) is 0 Å². The number of rotatable bonds is 14. The number of anilines is 2. The highest BCUT2D eigenvalue weighted by molar-refractivity contribution is 5.75. The summed E-state index contributed by atoms with van der Waals surface area (Å²) in [5, 5.41) is 34.1. The maximum absolute atomic E-state index is 12.4. The Hall–Kier alpha value is -5.80. The Balaban J connectivity index is 1.02. The van der Waals surface area contributed by atoms with E-state index in [1.54, 1.807) is 36.5 Å². The fraction of sp³-hybridized carbons (Fsp3) is 0.368. The molecule has 14 nitrogen and oxygen atoms in total. The number of aromatic amines is 1. The second kappa shape index (κ2) is 17.9. The molecule has 1 aliphatic heterocycles. The van der Waals surface area contributed by atoms with Crippen molar-refractivity contribution in [1.29, 1.82) is 5.26 Å². The van der Waals surface area contributed by atoms with Crippen LogP contribution < -0.4 is 26.6 Å². The molecule has 0 saturated carbocycles. The lowest BCUT2D eigenvalue weighted by Crippen LogP contribution is -2.36. The third-order valence-corrected chi connectivity index (χ3v) is 8.47. The molecule has 3 atom stereocenters. The number of aromatic nitrogens is 4. The van der Waals surface area contributed by atoms with Crippen molar-refractivity contribution in [2.24, 2.45) is 0 Å². The van der Waals surface area contributed by atoms with Gasteiger partial charge in [-0.3, -0.25) is 19.1 Å². The Bertz CT molecular complexity index is 2070.